The van der Waals surface area contributed by atoms with E-state index in [1.54, 1.807) is 0 Å². The van der Waals surface area contributed by atoms with Gasteiger partial charge < -0.3 is 15.6 Å². The Labute approximate surface area is 72.0 Å². The molecule has 1 heterocycles. The second kappa shape index (κ2) is 3.05. The number of anilines is 1. The molecule has 0 spiro atoms. The van der Waals surface area contributed by atoms with Crippen LogP contribution in [-0.2, 0) is 0 Å². The molecule has 0 amide bonds. The minimum absolute atomic E-state index is 0.107. The van der Waals surface area contributed by atoms with Crippen LogP contribution >= 0.6 is 0 Å². The summed E-state index contributed by atoms with van der Waals surface area (Å²) in [4.78, 5) is 23.2. The molecule has 0 fully saturated rings. The number of nitrogens with zero attached hydrogens (tertiary/aromatic N) is 2. The normalized spacial score (nSPS) is 9.54. The van der Waals surface area contributed by atoms with E-state index in [-0.39, 0.29) is 5.82 Å². The smallest absolute Gasteiger partial charge is 0.296 e. The van der Waals surface area contributed by atoms with Gasteiger partial charge in [-0.2, -0.15) is 0 Å². The van der Waals surface area contributed by atoms with Crippen molar-refractivity contribution in [3.8, 4) is 0 Å². The van der Waals surface area contributed by atoms with Gasteiger partial charge in [0.25, 0.3) is 5.69 Å². The Kier molecular flexibility index (Phi) is 2.09. The number of rotatable bonds is 2. The van der Waals surface area contributed by atoms with Crippen LogP contribution in [0.25, 0.3) is 0 Å². The quantitative estimate of drug-likeness (QED) is 0.459. The van der Waals surface area contributed by atoms with Crippen LogP contribution in [0.15, 0.2) is 12.3 Å². The monoisotopic (exact) mass is 182 g/mol. The van der Waals surface area contributed by atoms with Crippen molar-refractivity contribution >= 4 is 17.5 Å². The molecule has 0 saturated carbocycles. The summed E-state index contributed by atoms with van der Waals surface area (Å²) in [5.74, 6) is -1.76. The van der Waals surface area contributed by atoms with Crippen molar-refractivity contribution in [3.63, 3.8) is 0 Å². The molecule has 68 valence electrons. The molecular formula is C6H4N3O4-. The molecule has 0 unspecified atom stereocenters. The first-order valence-electron chi connectivity index (χ1n) is 3.13. The zero-order valence-corrected chi connectivity index (χ0v) is 6.26. The third-order valence-corrected chi connectivity index (χ3v) is 1.32. The summed E-state index contributed by atoms with van der Waals surface area (Å²) in [6, 6.07) is 0.882. The van der Waals surface area contributed by atoms with Crippen LogP contribution in [0, 0.1) is 10.1 Å². The maximum absolute atomic E-state index is 10.4. The topological polar surface area (TPSA) is 122 Å². The van der Waals surface area contributed by atoms with Crippen LogP contribution in [0.5, 0.6) is 0 Å². The molecule has 7 heteroatoms. The largest absolute Gasteiger partial charge is 0.545 e. The van der Waals surface area contributed by atoms with Gasteiger partial charge in [-0.3, -0.25) is 10.1 Å². The Balaban J connectivity index is 3.35. The Morgan fingerprint density at radius 3 is 2.69 bits per heavy atom. The van der Waals surface area contributed by atoms with Gasteiger partial charge in [0.2, 0.25) is 0 Å². The maximum atomic E-state index is 10.4. The van der Waals surface area contributed by atoms with Crippen molar-refractivity contribution in [2.24, 2.45) is 0 Å². The molecule has 0 saturated heterocycles. The molecule has 2 N–H and O–H groups in total. The highest BCUT2D eigenvalue weighted by Crippen LogP contribution is 2.17. The molecule has 0 radical (unpaired) electrons. The van der Waals surface area contributed by atoms with E-state index in [0.29, 0.717) is 0 Å². The molecule has 1 rings (SSSR count). The summed E-state index contributed by atoms with van der Waals surface area (Å²) in [7, 11) is 0. The molecule has 7 nitrogen and oxygen atoms in total. The number of nitrogens with two attached hydrogens (primary N) is 1. The van der Waals surface area contributed by atoms with Gasteiger partial charge in [-0.15, -0.1) is 0 Å². The zero-order valence-electron chi connectivity index (χ0n) is 6.26. The minimum atomic E-state index is -1.65. The fourth-order valence-corrected chi connectivity index (χ4v) is 0.773. The summed E-state index contributed by atoms with van der Waals surface area (Å²) < 4.78 is 0. The van der Waals surface area contributed by atoms with Crippen molar-refractivity contribution < 1.29 is 14.8 Å². The fourth-order valence-electron chi connectivity index (χ4n) is 0.773. The molecule has 0 aliphatic rings. The number of aromatic carboxylic acids is 1. The number of nitro groups is 1. The van der Waals surface area contributed by atoms with E-state index in [0.717, 1.165) is 12.3 Å². The summed E-state index contributed by atoms with van der Waals surface area (Å²) in [5, 5.41) is 20.7. The molecule has 0 aliphatic heterocycles. The maximum Gasteiger partial charge on any atom is 0.296 e. The summed E-state index contributed by atoms with van der Waals surface area (Å²) in [5.41, 5.74) is 3.94. The lowest BCUT2D eigenvalue weighted by atomic mass is 10.2. The molecular weight excluding hydrogens is 178 g/mol. The van der Waals surface area contributed by atoms with Crippen LogP contribution < -0.4 is 10.8 Å². The number of carbonyl (C=O) groups excluding carboxylic acids is 1. The highest BCUT2D eigenvalue weighted by Gasteiger charge is 2.14. The van der Waals surface area contributed by atoms with Crippen LogP contribution in [0.3, 0.4) is 0 Å². The van der Waals surface area contributed by atoms with Gasteiger partial charge in [-0.25, -0.2) is 4.98 Å². The first kappa shape index (κ1) is 8.91. The lowest BCUT2D eigenvalue weighted by Gasteiger charge is -2.03. The van der Waals surface area contributed by atoms with Gasteiger partial charge in [0.1, 0.15) is 12.0 Å². The highest BCUT2D eigenvalue weighted by molar-refractivity contribution is 5.91. The van der Waals surface area contributed by atoms with Gasteiger partial charge in [0.05, 0.1) is 16.5 Å². The highest BCUT2D eigenvalue weighted by atomic mass is 16.6. The number of pyridine rings is 1. The van der Waals surface area contributed by atoms with Crippen molar-refractivity contribution in [1.29, 1.82) is 0 Å². The second-order valence-corrected chi connectivity index (χ2v) is 2.17. The SMILES string of the molecule is Nc1cc(C(=O)[O-])c([N+](=O)[O-])cn1. The number of carboxylic acids is 1. The minimum Gasteiger partial charge on any atom is -0.545 e. The van der Waals surface area contributed by atoms with E-state index in [1.165, 1.54) is 0 Å². The number of hydrogen-bond acceptors (Lipinski definition) is 6. The number of carbonyl (C=O) groups is 1. The van der Waals surface area contributed by atoms with Gasteiger partial charge in [-0.05, 0) is 6.07 Å². The van der Waals surface area contributed by atoms with Gasteiger partial charge in [-0.1, -0.05) is 0 Å². The second-order valence-electron chi connectivity index (χ2n) is 2.17. The van der Waals surface area contributed by atoms with Crippen LogP contribution in [0.2, 0.25) is 0 Å². The van der Waals surface area contributed by atoms with E-state index >= 15 is 0 Å². The van der Waals surface area contributed by atoms with E-state index < -0.39 is 22.1 Å². The number of nitrogen functional groups attached to an aromatic ring is 1. The fraction of sp³-hybridized carbons (Fsp3) is 0. The van der Waals surface area contributed by atoms with Crippen LogP contribution in [-0.4, -0.2) is 15.9 Å². The Hall–Kier alpha value is -2.18. The Bertz CT molecular complexity index is 376. The predicted octanol–water partition coefficient (Wildman–Crippen LogP) is -1.06. The Morgan fingerprint density at radius 2 is 2.23 bits per heavy atom. The lowest BCUT2D eigenvalue weighted by molar-refractivity contribution is -0.386. The average Bonchev–Trinajstić information content (AvgIpc) is 2.03. The first-order chi connectivity index (χ1) is 6.02. The number of carboxylic acid groups (broad SMARTS) is 1. The van der Waals surface area contributed by atoms with E-state index in [1.807, 2.05) is 0 Å². The van der Waals surface area contributed by atoms with E-state index in [9.17, 15) is 20.0 Å². The molecule has 0 aliphatic carbocycles. The van der Waals surface area contributed by atoms with Crippen molar-refractivity contribution in [3.05, 3.63) is 27.9 Å². The molecule has 0 atom stereocenters. The average molecular weight is 182 g/mol. The summed E-state index contributed by atoms with van der Waals surface area (Å²) in [6.07, 6.45) is 0.778. The predicted molar refractivity (Wildman–Crippen MR) is 39.6 cm³/mol. The van der Waals surface area contributed by atoms with Crippen LogP contribution in [0.1, 0.15) is 10.4 Å². The lowest BCUT2D eigenvalue weighted by Crippen LogP contribution is -2.23. The third kappa shape index (κ3) is 1.70. The molecule has 0 bridgehead atoms. The van der Waals surface area contributed by atoms with Gasteiger partial charge in [0.15, 0.2) is 0 Å². The Morgan fingerprint density at radius 1 is 1.62 bits per heavy atom. The van der Waals surface area contributed by atoms with Crippen molar-refractivity contribution in [1.82, 2.24) is 4.98 Å². The molecule has 1 aromatic rings. The number of hydrogen-bond donors (Lipinski definition) is 1. The van der Waals surface area contributed by atoms with Crippen molar-refractivity contribution in [2.75, 3.05) is 5.73 Å². The van der Waals surface area contributed by atoms with Crippen molar-refractivity contribution in [2.45, 2.75) is 0 Å². The molecule has 13 heavy (non-hydrogen) atoms. The number of aromatic nitrogens is 1. The van der Waals surface area contributed by atoms with Crippen LogP contribution in [0.4, 0.5) is 11.5 Å². The van der Waals surface area contributed by atoms with Gasteiger partial charge in [0, 0.05) is 0 Å². The zero-order chi connectivity index (χ0) is 10.0. The molecule has 0 aromatic carbocycles. The van der Waals surface area contributed by atoms with E-state index in [4.69, 9.17) is 5.73 Å². The summed E-state index contributed by atoms with van der Waals surface area (Å²) in [6.45, 7) is 0. The van der Waals surface area contributed by atoms with E-state index in [2.05, 4.69) is 4.98 Å². The molecule has 1 aromatic heterocycles. The first-order valence-corrected chi connectivity index (χ1v) is 3.13. The third-order valence-electron chi connectivity index (χ3n) is 1.32. The van der Waals surface area contributed by atoms with Gasteiger partial charge >= 0.3 is 0 Å². The standard InChI is InChI=1S/C6H5N3O4/c7-5-1-3(6(10)11)4(2-8-5)9(12)13/h1-2H,(H2,7,8)(H,10,11)/p-1. The summed E-state index contributed by atoms with van der Waals surface area (Å²) >= 11 is 0.